The summed E-state index contributed by atoms with van der Waals surface area (Å²) in [5.41, 5.74) is 0.944. The Kier molecular flexibility index (Phi) is 8.11. The number of hydrogen-bond acceptors (Lipinski definition) is 4. The number of ether oxygens (including phenoxy) is 1. The molecule has 0 bridgehead atoms. The first-order chi connectivity index (χ1) is 13.1. The van der Waals surface area contributed by atoms with Crippen LogP contribution < -0.4 is 0 Å². The average molecular weight is 369 g/mol. The molecule has 1 atom stereocenters. The van der Waals surface area contributed by atoms with Crippen LogP contribution in [0, 0.1) is 11.8 Å². The van der Waals surface area contributed by atoms with Gasteiger partial charge in [0.2, 0.25) is 0 Å². The number of hydrogen-bond donors (Lipinski definition) is 1. The average Bonchev–Trinajstić information content (AvgIpc) is 2.65. The third-order valence-corrected chi connectivity index (χ3v) is 4.07. The maximum absolute atomic E-state index is 12.1. The second-order valence-corrected chi connectivity index (χ2v) is 6.19. The highest BCUT2D eigenvalue weighted by molar-refractivity contribution is 5.91. The van der Waals surface area contributed by atoms with Gasteiger partial charge in [-0.2, -0.15) is 0 Å². The molecule has 1 heterocycles. The Morgan fingerprint density at radius 2 is 2.04 bits per heavy atom. The van der Waals surface area contributed by atoms with Crippen molar-refractivity contribution in [1.29, 1.82) is 0 Å². The van der Waals surface area contributed by atoms with E-state index in [2.05, 4.69) is 11.8 Å². The standard InChI is InChI=1S/C21H23NO5/c23-19(16-17-8-4-3-5-9-17)12-11-18-13-15-27-21(26)22(18)14-7-2-1-6-10-20(24)25/h3-5,8-9,11-12,18H,1,6,10,13-16H2,(H,24,25)/b12-11+/t18-/m0/s1. The number of aliphatic carboxylic acids is 1. The first-order valence-corrected chi connectivity index (χ1v) is 8.92. The lowest BCUT2D eigenvalue weighted by atomic mass is 10.1. The van der Waals surface area contributed by atoms with Crippen LogP contribution in [0.1, 0.15) is 31.2 Å². The summed E-state index contributed by atoms with van der Waals surface area (Å²) in [5.74, 6) is 4.88. The number of cyclic esters (lactones) is 1. The molecule has 0 spiro atoms. The van der Waals surface area contributed by atoms with E-state index < -0.39 is 12.1 Å². The lowest BCUT2D eigenvalue weighted by molar-refractivity contribution is -0.137. The molecule has 142 valence electrons. The zero-order chi connectivity index (χ0) is 19.5. The first-order valence-electron chi connectivity index (χ1n) is 8.92. The Bertz CT molecular complexity index is 745. The van der Waals surface area contributed by atoms with E-state index in [4.69, 9.17) is 9.84 Å². The third kappa shape index (κ3) is 7.37. The molecular weight excluding hydrogens is 346 g/mol. The van der Waals surface area contributed by atoms with Crippen molar-refractivity contribution in [3.8, 4) is 11.8 Å². The highest BCUT2D eigenvalue weighted by atomic mass is 16.6. The van der Waals surface area contributed by atoms with Crippen LogP contribution in [0.5, 0.6) is 0 Å². The molecule has 0 saturated carbocycles. The van der Waals surface area contributed by atoms with Gasteiger partial charge in [0.05, 0.1) is 19.2 Å². The van der Waals surface area contributed by atoms with Crippen molar-refractivity contribution in [1.82, 2.24) is 4.90 Å². The molecule has 1 aromatic rings. The summed E-state index contributed by atoms with van der Waals surface area (Å²) in [6.45, 7) is 0.497. The fourth-order valence-electron chi connectivity index (χ4n) is 2.65. The predicted molar refractivity (Wildman–Crippen MR) is 100 cm³/mol. The SMILES string of the molecule is O=C(O)CCCC#CCN1C(=O)OCC[C@@H]1/C=C/C(=O)Cc1ccccc1. The monoisotopic (exact) mass is 369 g/mol. The summed E-state index contributed by atoms with van der Waals surface area (Å²) in [6, 6.07) is 9.24. The van der Waals surface area contributed by atoms with Crippen molar-refractivity contribution >= 4 is 17.8 Å². The van der Waals surface area contributed by atoms with Crippen molar-refractivity contribution in [3.05, 3.63) is 48.0 Å². The van der Waals surface area contributed by atoms with Crippen LogP contribution in [0.3, 0.4) is 0 Å². The largest absolute Gasteiger partial charge is 0.481 e. The van der Waals surface area contributed by atoms with Gasteiger partial charge < -0.3 is 9.84 Å². The molecule has 1 aliphatic heterocycles. The maximum Gasteiger partial charge on any atom is 0.411 e. The molecule has 0 aliphatic carbocycles. The minimum Gasteiger partial charge on any atom is -0.481 e. The number of allylic oxidation sites excluding steroid dienone is 1. The molecule has 0 aromatic heterocycles. The zero-order valence-corrected chi connectivity index (χ0v) is 15.1. The minimum atomic E-state index is -0.846. The van der Waals surface area contributed by atoms with Gasteiger partial charge in [-0.25, -0.2) is 4.79 Å². The summed E-state index contributed by atoms with van der Waals surface area (Å²) in [6.07, 6.45) is 4.73. The van der Waals surface area contributed by atoms with Crippen molar-refractivity contribution < 1.29 is 24.2 Å². The molecule has 1 aliphatic rings. The summed E-state index contributed by atoms with van der Waals surface area (Å²) < 4.78 is 5.06. The lowest BCUT2D eigenvalue weighted by Crippen LogP contribution is -2.44. The van der Waals surface area contributed by atoms with E-state index in [1.807, 2.05) is 30.3 Å². The van der Waals surface area contributed by atoms with E-state index in [1.165, 1.54) is 11.0 Å². The third-order valence-electron chi connectivity index (χ3n) is 4.07. The minimum absolute atomic E-state index is 0.0279. The Labute approximate surface area is 158 Å². The molecule has 1 amide bonds. The summed E-state index contributed by atoms with van der Waals surface area (Å²) in [7, 11) is 0. The quantitative estimate of drug-likeness (QED) is 0.433. The highest BCUT2D eigenvalue weighted by Crippen LogP contribution is 2.14. The van der Waals surface area contributed by atoms with Gasteiger partial charge in [-0.05, 0) is 18.1 Å². The Morgan fingerprint density at radius 1 is 1.26 bits per heavy atom. The van der Waals surface area contributed by atoms with Gasteiger partial charge in [-0.15, -0.1) is 5.92 Å². The number of carbonyl (C=O) groups excluding carboxylic acids is 2. The Balaban J connectivity index is 1.88. The van der Waals surface area contributed by atoms with E-state index in [-0.39, 0.29) is 24.8 Å². The van der Waals surface area contributed by atoms with Gasteiger partial charge in [0, 0.05) is 25.7 Å². The van der Waals surface area contributed by atoms with E-state index in [0.29, 0.717) is 32.3 Å². The second-order valence-electron chi connectivity index (χ2n) is 6.19. The van der Waals surface area contributed by atoms with Gasteiger partial charge in [0.1, 0.15) is 0 Å². The highest BCUT2D eigenvalue weighted by Gasteiger charge is 2.27. The van der Waals surface area contributed by atoms with E-state index in [0.717, 1.165) is 5.56 Å². The topological polar surface area (TPSA) is 83.9 Å². The van der Waals surface area contributed by atoms with Crippen LogP contribution in [-0.4, -0.2) is 47.0 Å². The second kappa shape index (κ2) is 10.8. The van der Waals surface area contributed by atoms with Crippen LogP contribution >= 0.6 is 0 Å². The Morgan fingerprint density at radius 3 is 2.78 bits per heavy atom. The number of carboxylic acids is 1. The van der Waals surface area contributed by atoms with Crippen molar-refractivity contribution in [2.75, 3.05) is 13.2 Å². The van der Waals surface area contributed by atoms with Gasteiger partial charge in [0.25, 0.3) is 0 Å². The smallest absolute Gasteiger partial charge is 0.411 e. The number of carboxylic acid groups (broad SMARTS) is 1. The fourth-order valence-corrected chi connectivity index (χ4v) is 2.65. The van der Waals surface area contributed by atoms with Crippen molar-refractivity contribution in [2.24, 2.45) is 0 Å². The molecule has 27 heavy (non-hydrogen) atoms. The summed E-state index contributed by atoms with van der Waals surface area (Å²) >= 11 is 0. The lowest BCUT2D eigenvalue weighted by Gasteiger charge is -2.31. The maximum atomic E-state index is 12.1. The van der Waals surface area contributed by atoms with Crippen molar-refractivity contribution in [2.45, 2.75) is 38.1 Å². The van der Waals surface area contributed by atoms with E-state index in [1.54, 1.807) is 6.08 Å². The first kappa shape index (κ1) is 20.2. The normalized spacial score (nSPS) is 16.5. The summed E-state index contributed by atoms with van der Waals surface area (Å²) in [4.78, 5) is 36.1. The molecule has 6 heteroatoms. The van der Waals surface area contributed by atoms with E-state index >= 15 is 0 Å². The van der Waals surface area contributed by atoms with Crippen LogP contribution in [0.2, 0.25) is 0 Å². The van der Waals surface area contributed by atoms with E-state index in [9.17, 15) is 14.4 Å². The number of carbonyl (C=O) groups is 3. The van der Waals surface area contributed by atoms with Crippen LogP contribution in [-0.2, 0) is 20.7 Å². The number of ketones is 1. The Hall–Kier alpha value is -3.07. The molecule has 2 rings (SSSR count). The van der Waals surface area contributed by atoms with Crippen LogP contribution in [0.25, 0.3) is 0 Å². The van der Waals surface area contributed by atoms with Crippen LogP contribution in [0.4, 0.5) is 4.79 Å². The number of benzene rings is 1. The van der Waals surface area contributed by atoms with Crippen molar-refractivity contribution in [3.63, 3.8) is 0 Å². The fraction of sp³-hybridized carbons (Fsp3) is 0.381. The van der Waals surface area contributed by atoms with Gasteiger partial charge in [0.15, 0.2) is 5.78 Å². The van der Waals surface area contributed by atoms with Gasteiger partial charge in [-0.3, -0.25) is 14.5 Å². The molecule has 1 N–H and O–H groups in total. The molecular formula is C21H23NO5. The zero-order valence-electron chi connectivity index (χ0n) is 15.1. The molecule has 1 saturated heterocycles. The molecule has 1 fully saturated rings. The number of rotatable bonds is 8. The van der Waals surface area contributed by atoms with Gasteiger partial charge in [-0.1, -0.05) is 42.3 Å². The molecule has 0 unspecified atom stereocenters. The molecule has 1 aromatic carbocycles. The summed E-state index contributed by atoms with van der Waals surface area (Å²) in [5, 5.41) is 8.59. The molecule has 6 nitrogen and oxygen atoms in total. The predicted octanol–water partition coefficient (Wildman–Crippen LogP) is 2.82. The van der Waals surface area contributed by atoms with Gasteiger partial charge >= 0.3 is 12.1 Å². The van der Waals surface area contributed by atoms with Crippen LogP contribution in [0.15, 0.2) is 42.5 Å². The number of amides is 1. The number of unbranched alkanes of at least 4 members (excludes halogenated alkanes) is 1. The molecule has 0 radical (unpaired) electrons. The number of nitrogens with zero attached hydrogens (tertiary/aromatic N) is 1.